The van der Waals surface area contributed by atoms with E-state index in [0.29, 0.717) is 18.1 Å². The minimum atomic E-state index is 0.300. The second-order valence-corrected chi connectivity index (χ2v) is 3.90. The average Bonchev–Trinajstić information content (AvgIpc) is 2.47. The van der Waals surface area contributed by atoms with Gasteiger partial charge in [-0.1, -0.05) is 6.92 Å². The molecule has 1 heterocycles. The van der Waals surface area contributed by atoms with E-state index in [1.165, 1.54) is 12.4 Å². The maximum Gasteiger partial charge on any atom is 0.158 e. The second kappa shape index (κ2) is 6.36. The smallest absolute Gasteiger partial charge is 0.158 e. The highest BCUT2D eigenvalue weighted by Gasteiger charge is 1.99. The molecular weight excluding hydrogens is 240 g/mol. The molecule has 1 aromatic carbocycles. The van der Waals surface area contributed by atoms with Crippen molar-refractivity contribution in [2.75, 3.05) is 11.9 Å². The zero-order chi connectivity index (χ0) is 13.5. The van der Waals surface area contributed by atoms with Gasteiger partial charge in [0.05, 0.1) is 19.0 Å². The van der Waals surface area contributed by atoms with Gasteiger partial charge < -0.3 is 10.1 Å². The molecule has 2 aromatic rings. The van der Waals surface area contributed by atoms with E-state index in [4.69, 9.17) is 10.00 Å². The Morgan fingerprint density at radius 3 is 2.58 bits per heavy atom. The highest BCUT2D eigenvalue weighted by atomic mass is 16.5. The van der Waals surface area contributed by atoms with Crippen LogP contribution in [0.25, 0.3) is 0 Å². The largest absolute Gasteiger partial charge is 0.494 e. The standard InChI is InChI=1S/C14H14N4O/c1-2-7-19-13-5-3-11(4-6-13)18-14-10-16-12(8-15)9-17-14/h3-6,9-10H,2,7H2,1H3,(H,17,18). The Kier molecular flexibility index (Phi) is 4.29. The van der Waals surface area contributed by atoms with E-state index in [-0.39, 0.29) is 0 Å². The molecule has 0 atom stereocenters. The van der Waals surface area contributed by atoms with Crippen LogP contribution in [0.3, 0.4) is 0 Å². The summed E-state index contributed by atoms with van der Waals surface area (Å²) in [5.41, 5.74) is 1.19. The van der Waals surface area contributed by atoms with Crippen LogP contribution in [-0.4, -0.2) is 16.6 Å². The molecule has 0 saturated carbocycles. The number of ether oxygens (including phenoxy) is 1. The van der Waals surface area contributed by atoms with Crippen molar-refractivity contribution in [3.63, 3.8) is 0 Å². The first-order chi connectivity index (χ1) is 9.31. The molecule has 96 valence electrons. The van der Waals surface area contributed by atoms with E-state index >= 15 is 0 Å². The van der Waals surface area contributed by atoms with Crippen LogP contribution in [0.4, 0.5) is 11.5 Å². The van der Waals surface area contributed by atoms with Crippen LogP contribution in [0.15, 0.2) is 36.7 Å². The van der Waals surface area contributed by atoms with Crippen LogP contribution in [0.2, 0.25) is 0 Å². The van der Waals surface area contributed by atoms with E-state index in [0.717, 1.165) is 17.9 Å². The Morgan fingerprint density at radius 1 is 1.21 bits per heavy atom. The van der Waals surface area contributed by atoms with E-state index in [1.54, 1.807) is 0 Å². The first-order valence-electron chi connectivity index (χ1n) is 6.04. The fourth-order valence-corrected chi connectivity index (χ4v) is 1.45. The van der Waals surface area contributed by atoms with Gasteiger partial charge in [-0.3, -0.25) is 0 Å². The summed E-state index contributed by atoms with van der Waals surface area (Å²) in [6, 6.07) is 9.54. The van der Waals surface area contributed by atoms with Crippen LogP contribution < -0.4 is 10.1 Å². The molecule has 5 nitrogen and oxygen atoms in total. The molecule has 0 spiro atoms. The van der Waals surface area contributed by atoms with Crippen LogP contribution >= 0.6 is 0 Å². The van der Waals surface area contributed by atoms with Gasteiger partial charge in [0.25, 0.3) is 0 Å². The number of anilines is 2. The third kappa shape index (κ3) is 3.68. The summed E-state index contributed by atoms with van der Waals surface area (Å²) in [6.45, 7) is 2.79. The van der Waals surface area contributed by atoms with Gasteiger partial charge in [-0.05, 0) is 30.7 Å². The summed E-state index contributed by atoms with van der Waals surface area (Å²) < 4.78 is 5.50. The van der Waals surface area contributed by atoms with Gasteiger partial charge in [0.2, 0.25) is 0 Å². The molecule has 2 rings (SSSR count). The van der Waals surface area contributed by atoms with E-state index in [9.17, 15) is 0 Å². The Balaban J connectivity index is 2.00. The van der Waals surface area contributed by atoms with Crippen molar-refractivity contribution >= 4 is 11.5 Å². The van der Waals surface area contributed by atoms with Crippen molar-refractivity contribution in [1.82, 2.24) is 9.97 Å². The van der Waals surface area contributed by atoms with Crippen molar-refractivity contribution in [3.05, 3.63) is 42.4 Å². The lowest BCUT2D eigenvalue weighted by molar-refractivity contribution is 0.317. The molecule has 0 aliphatic rings. The molecule has 1 N–H and O–H groups in total. The number of benzene rings is 1. The highest BCUT2D eigenvalue weighted by Crippen LogP contribution is 2.18. The molecule has 0 fully saturated rings. The van der Waals surface area contributed by atoms with Gasteiger partial charge >= 0.3 is 0 Å². The molecule has 0 radical (unpaired) electrons. The van der Waals surface area contributed by atoms with E-state index in [1.807, 2.05) is 30.3 Å². The minimum Gasteiger partial charge on any atom is -0.494 e. The fourth-order valence-electron chi connectivity index (χ4n) is 1.45. The number of rotatable bonds is 5. The lowest BCUT2D eigenvalue weighted by Gasteiger charge is -2.07. The van der Waals surface area contributed by atoms with Crippen LogP contribution in [0.5, 0.6) is 5.75 Å². The number of hydrogen-bond acceptors (Lipinski definition) is 5. The summed E-state index contributed by atoms with van der Waals surface area (Å²) in [7, 11) is 0. The predicted molar refractivity (Wildman–Crippen MR) is 72.3 cm³/mol. The summed E-state index contributed by atoms with van der Waals surface area (Å²) in [4.78, 5) is 8.03. The van der Waals surface area contributed by atoms with Gasteiger partial charge in [0.15, 0.2) is 5.69 Å². The molecule has 0 bridgehead atoms. The topological polar surface area (TPSA) is 70.8 Å². The number of nitriles is 1. The number of nitrogens with one attached hydrogen (secondary N) is 1. The molecule has 5 heteroatoms. The molecule has 0 aliphatic heterocycles. The maximum absolute atomic E-state index is 8.63. The molecule has 19 heavy (non-hydrogen) atoms. The average molecular weight is 254 g/mol. The Hall–Kier alpha value is -2.61. The fraction of sp³-hybridized carbons (Fsp3) is 0.214. The Bertz CT molecular complexity index is 557. The summed E-state index contributed by atoms with van der Waals surface area (Å²) in [6.07, 6.45) is 3.95. The number of nitrogens with zero attached hydrogens (tertiary/aromatic N) is 3. The highest BCUT2D eigenvalue weighted by molar-refractivity contribution is 5.56. The predicted octanol–water partition coefficient (Wildman–Crippen LogP) is 2.88. The third-order valence-electron chi connectivity index (χ3n) is 2.37. The van der Waals surface area contributed by atoms with Crippen molar-refractivity contribution < 1.29 is 4.74 Å². The first-order valence-corrected chi connectivity index (χ1v) is 6.04. The maximum atomic E-state index is 8.63. The van der Waals surface area contributed by atoms with Gasteiger partial charge in [-0.25, -0.2) is 9.97 Å². The SMILES string of the molecule is CCCOc1ccc(Nc2cnc(C#N)cn2)cc1. The molecule has 0 saturated heterocycles. The van der Waals surface area contributed by atoms with Crippen LogP contribution in [-0.2, 0) is 0 Å². The summed E-state index contributed by atoms with van der Waals surface area (Å²) in [5.74, 6) is 1.44. The van der Waals surface area contributed by atoms with Gasteiger partial charge in [0, 0.05) is 5.69 Å². The molecule has 1 aromatic heterocycles. The lowest BCUT2D eigenvalue weighted by atomic mass is 10.3. The normalized spacial score (nSPS) is 9.68. The zero-order valence-corrected chi connectivity index (χ0v) is 10.6. The van der Waals surface area contributed by atoms with Crippen molar-refractivity contribution in [1.29, 1.82) is 5.26 Å². The monoisotopic (exact) mass is 254 g/mol. The van der Waals surface area contributed by atoms with Crippen molar-refractivity contribution in [2.45, 2.75) is 13.3 Å². The number of hydrogen-bond donors (Lipinski definition) is 1. The zero-order valence-electron chi connectivity index (χ0n) is 10.6. The summed E-state index contributed by atoms with van der Waals surface area (Å²) >= 11 is 0. The van der Waals surface area contributed by atoms with Crippen molar-refractivity contribution in [3.8, 4) is 11.8 Å². The van der Waals surface area contributed by atoms with Gasteiger partial charge in [0.1, 0.15) is 17.6 Å². The third-order valence-corrected chi connectivity index (χ3v) is 2.37. The van der Waals surface area contributed by atoms with Crippen LogP contribution in [0, 0.1) is 11.3 Å². The lowest BCUT2D eigenvalue weighted by Crippen LogP contribution is -1.97. The second-order valence-electron chi connectivity index (χ2n) is 3.90. The van der Waals surface area contributed by atoms with E-state index in [2.05, 4.69) is 22.2 Å². The first kappa shape index (κ1) is 12.8. The molecular formula is C14H14N4O. The van der Waals surface area contributed by atoms with Gasteiger partial charge in [-0.15, -0.1) is 0 Å². The number of aromatic nitrogens is 2. The molecule has 0 unspecified atom stereocenters. The summed E-state index contributed by atoms with van der Waals surface area (Å²) in [5, 5.41) is 11.7. The minimum absolute atomic E-state index is 0.300. The quantitative estimate of drug-likeness (QED) is 0.888. The van der Waals surface area contributed by atoms with E-state index < -0.39 is 0 Å². The Labute approximate surface area is 111 Å². The van der Waals surface area contributed by atoms with Crippen LogP contribution in [0.1, 0.15) is 19.0 Å². The Morgan fingerprint density at radius 2 is 2.00 bits per heavy atom. The van der Waals surface area contributed by atoms with Gasteiger partial charge in [-0.2, -0.15) is 5.26 Å². The molecule has 0 amide bonds. The van der Waals surface area contributed by atoms with Crippen molar-refractivity contribution in [2.24, 2.45) is 0 Å². The molecule has 0 aliphatic carbocycles.